The van der Waals surface area contributed by atoms with Gasteiger partial charge in [0, 0.05) is 31.0 Å². The number of benzene rings is 2. The maximum absolute atomic E-state index is 6.38. The number of aromatic nitrogens is 1. The van der Waals surface area contributed by atoms with Crippen molar-refractivity contribution >= 4 is 17.5 Å². The lowest BCUT2D eigenvalue weighted by molar-refractivity contribution is 0.699. The second kappa shape index (κ2) is 11.0. The standard InChI is InChI=1S/C29H37N5/c1-8-24-11-9-10-12-25(24)17-33-29(30)34(7)23(6)27-15-19(2)14-26(22(27)5)18-32-28-21(4)13-20(3)16-31-28/h9-16H,6,8,17-18H2,1-5,7H3,(H2,30,33)(H,31,32). The van der Waals surface area contributed by atoms with Crippen LogP contribution in [0.3, 0.4) is 0 Å². The van der Waals surface area contributed by atoms with Gasteiger partial charge in [-0.1, -0.05) is 55.5 Å². The zero-order valence-corrected chi connectivity index (χ0v) is 21.4. The quantitative estimate of drug-likeness (QED) is 0.327. The molecule has 0 spiro atoms. The predicted octanol–water partition coefficient (Wildman–Crippen LogP) is 5.91. The average molecular weight is 456 g/mol. The predicted molar refractivity (Wildman–Crippen MR) is 145 cm³/mol. The first-order chi connectivity index (χ1) is 16.2. The Morgan fingerprint density at radius 1 is 1.03 bits per heavy atom. The Hall–Kier alpha value is -3.60. The molecule has 5 nitrogen and oxygen atoms in total. The third kappa shape index (κ3) is 5.84. The lowest BCUT2D eigenvalue weighted by atomic mass is 9.97. The van der Waals surface area contributed by atoms with E-state index >= 15 is 0 Å². The molecule has 3 rings (SSSR count). The number of aliphatic imine (C=N–C) groups is 1. The number of nitrogens with zero attached hydrogens (tertiary/aromatic N) is 3. The number of hydrogen-bond donors (Lipinski definition) is 2. The normalized spacial score (nSPS) is 11.4. The summed E-state index contributed by atoms with van der Waals surface area (Å²) in [5.41, 5.74) is 16.6. The molecule has 178 valence electrons. The lowest BCUT2D eigenvalue weighted by Gasteiger charge is -2.24. The number of guanidine groups is 1. The van der Waals surface area contributed by atoms with Crippen LogP contribution in [0.1, 0.15) is 51.4 Å². The van der Waals surface area contributed by atoms with Crippen molar-refractivity contribution in [1.82, 2.24) is 9.88 Å². The smallest absolute Gasteiger partial charge is 0.195 e. The summed E-state index contributed by atoms with van der Waals surface area (Å²) >= 11 is 0. The van der Waals surface area contributed by atoms with Crippen LogP contribution in [0, 0.1) is 27.7 Å². The van der Waals surface area contributed by atoms with Gasteiger partial charge >= 0.3 is 0 Å². The Morgan fingerprint density at radius 2 is 1.74 bits per heavy atom. The highest BCUT2D eigenvalue weighted by Gasteiger charge is 2.15. The van der Waals surface area contributed by atoms with Crippen molar-refractivity contribution in [3.63, 3.8) is 0 Å². The van der Waals surface area contributed by atoms with Gasteiger partial charge in [0.05, 0.1) is 6.54 Å². The van der Waals surface area contributed by atoms with E-state index < -0.39 is 0 Å². The fraction of sp³-hybridized carbons (Fsp3) is 0.310. The molecular formula is C29H37N5. The van der Waals surface area contributed by atoms with Crippen molar-refractivity contribution in [3.8, 4) is 0 Å². The Labute approximate surface area is 204 Å². The Kier molecular flexibility index (Phi) is 8.11. The molecule has 0 unspecified atom stereocenters. The number of hydrogen-bond acceptors (Lipinski definition) is 3. The van der Waals surface area contributed by atoms with Gasteiger partial charge in [0.2, 0.25) is 0 Å². The van der Waals surface area contributed by atoms with E-state index in [1.54, 1.807) is 0 Å². The van der Waals surface area contributed by atoms with E-state index in [2.05, 4.69) is 92.9 Å². The highest BCUT2D eigenvalue weighted by atomic mass is 15.2. The van der Waals surface area contributed by atoms with Crippen molar-refractivity contribution in [2.45, 2.75) is 54.1 Å². The van der Waals surface area contributed by atoms with Crippen molar-refractivity contribution in [3.05, 3.63) is 99.7 Å². The summed E-state index contributed by atoms with van der Waals surface area (Å²) in [6, 6.07) is 14.9. The van der Waals surface area contributed by atoms with Crippen LogP contribution in [0.5, 0.6) is 0 Å². The summed E-state index contributed by atoms with van der Waals surface area (Å²) in [6.45, 7) is 16.1. The van der Waals surface area contributed by atoms with Crippen LogP contribution in [0.15, 0.2) is 60.2 Å². The van der Waals surface area contributed by atoms with Gasteiger partial charge in [-0.25, -0.2) is 9.98 Å². The topological polar surface area (TPSA) is 66.5 Å². The van der Waals surface area contributed by atoms with Crippen LogP contribution < -0.4 is 11.1 Å². The molecule has 0 aliphatic heterocycles. The third-order valence-electron chi connectivity index (χ3n) is 6.29. The molecule has 1 aromatic heterocycles. The van der Waals surface area contributed by atoms with Gasteiger partial charge in [-0.05, 0) is 73.6 Å². The minimum atomic E-state index is 0.455. The minimum Gasteiger partial charge on any atom is -0.370 e. The first-order valence-corrected chi connectivity index (χ1v) is 11.8. The van der Waals surface area contributed by atoms with Gasteiger partial charge in [0.15, 0.2) is 5.96 Å². The molecule has 3 aromatic rings. The minimum absolute atomic E-state index is 0.455. The van der Waals surface area contributed by atoms with Crippen LogP contribution in [0.25, 0.3) is 5.70 Å². The number of aryl methyl sites for hydroxylation is 4. The summed E-state index contributed by atoms with van der Waals surface area (Å²) < 4.78 is 0. The van der Waals surface area contributed by atoms with Gasteiger partial charge in [-0.2, -0.15) is 0 Å². The molecule has 0 saturated carbocycles. The van der Waals surface area contributed by atoms with Gasteiger partial charge < -0.3 is 16.0 Å². The largest absolute Gasteiger partial charge is 0.370 e. The van der Waals surface area contributed by atoms with Crippen molar-refractivity contribution in [2.75, 3.05) is 12.4 Å². The van der Waals surface area contributed by atoms with Gasteiger partial charge in [-0.3, -0.25) is 0 Å². The number of nitrogens with one attached hydrogen (secondary N) is 1. The molecule has 0 atom stereocenters. The molecule has 0 fully saturated rings. The van der Waals surface area contributed by atoms with E-state index in [0.717, 1.165) is 34.6 Å². The summed E-state index contributed by atoms with van der Waals surface area (Å²) in [5.74, 6) is 1.36. The van der Waals surface area contributed by atoms with Gasteiger partial charge in [0.25, 0.3) is 0 Å². The summed E-state index contributed by atoms with van der Waals surface area (Å²) in [7, 11) is 1.92. The summed E-state index contributed by atoms with van der Waals surface area (Å²) in [4.78, 5) is 11.1. The molecular weight excluding hydrogens is 418 g/mol. The molecule has 2 aromatic carbocycles. The molecule has 0 saturated heterocycles. The molecule has 3 N–H and O–H groups in total. The van der Waals surface area contributed by atoms with E-state index in [-0.39, 0.29) is 0 Å². The highest BCUT2D eigenvalue weighted by Crippen LogP contribution is 2.26. The zero-order valence-electron chi connectivity index (χ0n) is 21.4. The number of pyridine rings is 1. The van der Waals surface area contributed by atoms with Crippen LogP contribution in [0.2, 0.25) is 0 Å². The van der Waals surface area contributed by atoms with E-state index in [1.807, 2.05) is 24.2 Å². The second-order valence-corrected chi connectivity index (χ2v) is 8.93. The number of anilines is 1. The number of rotatable bonds is 8. The molecule has 0 aliphatic rings. The van der Waals surface area contributed by atoms with E-state index in [9.17, 15) is 0 Å². The summed E-state index contributed by atoms with van der Waals surface area (Å²) in [5, 5.41) is 3.49. The fourth-order valence-electron chi connectivity index (χ4n) is 4.14. The van der Waals surface area contributed by atoms with Crippen LogP contribution in [-0.2, 0) is 19.5 Å². The second-order valence-electron chi connectivity index (χ2n) is 8.93. The van der Waals surface area contributed by atoms with Gasteiger partial charge in [0.1, 0.15) is 5.82 Å². The third-order valence-corrected chi connectivity index (χ3v) is 6.29. The van der Waals surface area contributed by atoms with Crippen LogP contribution in [-0.4, -0.2) is 22.9 Å². The zero-order chi connectivity index (χ0) is 24.8. The molecule has 5 heteroatoms. The highest BCUT2D eigenvalue weighted by molar-refractivity contribution is 5.88. The van der Waals surface area contributed by atoms with Crippen molar-refractivity contribution in [2.24, 2.45) is 10.7 Å². The Balaban J connectivity index is 1.78. The molecule has 1 heterocycles. The average Bonchev–Trinajstić information content (AvgIpc) is 2.82. The molecule has 34 heavy (non-hydrogen) atoms. The Morgan fingerprint density at radius 3 is 2.41 bits per heavy atom. The lowest BCUT2D eigenvalue weighted by Crippen LogP contribution is -2.32. The SMILES string of the molecule is C=C(c1cc(C)cc(CNc2ncc(C)cc2C)c1C)N(C)C(N)=NCc1ccccc1CC. The summed E-state index contributed by atoms with van der Waals surface area (Å²) in [6.07, 6.45) is 2.87. The van der Waals surface area contributed by atoms with Crippen LogP contribution >= 0.6 is 0 Å². The molecule has 0 aliphatic carbocycles. The molecule has 0 radical (unpaired) electrons. The fourth-order valence-corrected chi connectivity index (χ4v) is 4.14. The first kappa shape index (κ1) is 25.0. The monoisotopic (exact) mass is 455 g/mol. The Bertz CT molecular complexity index is 1210. The van der Waals surface area contributed by atoms with Gasteiger partial charge in [-0.15, -0.1) is 0 Å². The maximum atomic E-state index is 6.38. The van der Waals surface area contributed by atoms with E-state index in [4.69, 9.17) is 5.73 Å². The molecule has 0 bridgehead atoms. The van der Waals surface area contributed by atoms with Crippen molar-refractivity contribution in [1.29, 1.82) is 0 Å². The van der Waals surface area contributed by atoms with E-state index in [1.165, 1.54) is 27.8 Å². The first-order valence-electron chi connectivity index (χ1n) is 11.8. The number of nitrogens with two attached hydrogens (primary N) is 1. The van der Waals surface area contributed by atoms with E-state index in [0.29, 0.717) is 19.0 Å². The van der Waals surface area contributed by atoms with Crippen LogP contribution in [0.4, 0.5) is 5.82 Å². The maximum Gasteiger partial charge on any atom is 0.195 e. The molecule has 0 amide bonds. The van der Waals surface area contributed by atoms with Crippen molar-refractivity contribution < 1.29 is 0 Å².